The second kappa shape index (κ2) is 5.92. The zero-order chi connectivity index (χ0) is 17.4. The van der Waals surface area contributed by atoms with E-state index in [1.54, 1.807) is 0 Å². The minimum atomic E-state index is -4.14. The van der Waals surface area contributed by atoms with Crippen molar-refractivity contribution in [3.8, 4) is 11.8 Å². The highest BCUT2D eigenvalue weighted by Gasteiger charge is 2.25. The molecule has 23 heavy (non-hydrogen) atoms. The molecule has 0 unspecified atom stereocenters. The number of benzene rings is 1. The number of primary sulfonamides is 1. The number of sulfonamides is 1. The van der Waals surface area contributed by atoms with Gasteiger partial charge in [0.1, 0.15) is 11.0 Å². The topological polar surface area (TPSA) is 141 Å². The monoisotopic (exact) mass is 354 g/mol. The molecule has 0 aliphatic rings. The number of nitriles is 1. The van der Waals surface area contributed by atoms with Crippen LogP contribution in [0.1, 0.15) is 16.1 Å². The van der Waals surface area contributed by atoms with Crippen molar-refractivity contribution < 1.29 is 17.9 Å². The molecule has 10 heteroatoms. The van der Waals surface area contributed by atoms with Crippen molar-refractivity contribution >= 4 is 33.3 Å². The first kappa shape index (κ1) is 16.8. The smallest absolute Gasteiger partial charge is 0.357 e. The van der Waals surface area contributed by atoms with E-state index < -0.39 is 16.0 Å². The number of hydrogen-bond donors (Lipinski definition) is 2. The number of halogens is 1. The van der Waals surface area contributed by atoms with Crippen LogP contribution in [-0.4, -0.2) is 26.1 Å². The molecule has 0 aliphatic carbocycles. The molecule has 0 saturated carbocycles. The second-order valence-corrected chi connectivity index (χ2v) is 6.40. The maximum atomic E-state index is 11.9. The molecule has 1 aromatic heterocycles. The number of methoxy groups -OCH3 is 1. The van der Waals surface area contributed by atoms with E-state index in [9.17, 15) is 13.2 Å². The van der Waals surface area contributed by atoms with Gasteiger partial charge in [-0.15, -0.1) is 0 Å². The van der Waals surface area contributed by atoms with Crippen molar-refractivity contribution in [3.05, 3.63) is 40.7 Å². The number of nitrogen functional groups attached to an aromatic ring is 1. The van der Waals surface area contributed by atoms with Gasteiger partial charge < -0.3 is 15.0 Å². The fourth-order valence-electron chi connectivity index (χ4n) is 2.02. The highest BCUT2D eigenvalue weighted by atomic mass is 35.5. The molecule has 0 spiro atoms. The van der Waals surface area contributed by atoms with Gasteiger partial charge >= 0.3 is 5.97 Å². The predicted octanol–water partition coefficient (Wildman–Crippen LogP) is 1.02. The first-order chi connectivity index (χ1) is 10.7. The molecule has 0 radical (unpaired) electrons. The third-order valence-corrected chi connectivity index (χ3v) is 4.21. The van der Waals surface area contributed by atoms with Gasteiger partial charge in [0.05, 0.1) is 24.0 Å². The van der Waals surface area contributed by atoms with Gasteiger partial charge in [0.15, 0.2) is 5.69 Å². The van der Waals surface area contributed by atoms with E-state index in [4.69, 9.17) is 27.7 Å². The van der Waals surface area contributed by atoms with E-state index >= 15 is 0 Å². The molecule has 0 saturated heterocycles. The Kier molecular flexibility index (Phi) is 4.33. The second-order valence-electron chi connectivity index (χ2n) is 4.44. The third kappa shape index (κ3) is 3.00. The number of nitrogens with two attached hydrogens (primary N) is 2. The molecule has 0 aliphatic heterocycles. The van der Waals surface area contributed by atoms with Gasteiger partial charge in [-0.05, 0) is 18.2 Å². The van der Waals surface area contributed by atoms with Gasteiger partial charge in [0.2, 0.25) is 10.0 Å². The van der Waals surface area contributed by atoms with Gasteiger partial charge in [-0.3, -0.25) is 0 Å². The van der Waals surface area contributed by atoms with Crippen LogP contribution in [0, 0.1) is 11.3 Å². The summed E-state index contributed by atoms with van der Waals surface area (Å²) in [6, 6.07) is 5.70. The van der Waals surface area contributed by atoms with Crippen LogP contribution in [0.2, 0.25) is 5.02 Å². The average Bonchev–Trinajstić information content (AvgIpc) is 2.82. The van der Waals surface area contributed by atoms with Crippen LogP contribution in [0.4, 0.5) is 5.69 Å². The van der Waals surface area contributed by atoms with Crippen molar-refractivity contribution in [1.82, 2.24) is 4.57 Å². The van der Waals surface area contributed by atoms with E-state index in [0.717, 1.165) is 17.7 Å². The molecule has 2 aromatic rings. The number of hydrogen-bond acceptors (Lipinski definition) is 6. The Hall–Kier alpha value is -2.54. The Morgan fingerprint density at radius 3 is 2.61 bits per heavy atom. The largest absolute Gasteiger partial charge is 0.464 e. The predicted molar refractivity (Wildman–Crippen MR) is 82.6 cm³/mol. The van der Waals surface area contributed by atoms with Crippen molar-refractivity contribution in [3.63, 3.8) is 0 Å². The number of carbonyl (C=O) groups excluding carboxylic acids is 1. The van der Waals surface area contributed by atoms with Crippen molar-refractivity contribution in [2.24, 2.45) is 5.14 Å². The summed E-state index contributed by atoms with van der Waals surface area (Å²) in [6.07, 6.45) is 1.22. The number of ether oxygens (including phenoxy) is 1. The first-order valence-electron chi connectivity index (χ1n) is 6.02. The number of rotatable bonds is 3. The molecule has 120 valence electrons. The number of aromatic nitrogens is 1. The maximum Gasteiger partial charge on any atom is 0.357 e. The standard InChI is InChI=1S/C13H11ClN4O4S/c1-22-13(19)12-11(16)7(5-15)6-18(12)9-3-2-8(14)4-10(9)23(17,20)21/h2-4,6H,16H2,1H3,(H2,17,20,21). The summed E-state index contributed by atoms with van der Waals surface area (Å²) in [5, 5.41) is 14.4. The molecule has 0 fully saturated rings. The van der Waals surface area contributed by atoms with E-state index in [1.807, 2.05) is 6.07 Å². The van der Waals surface area contributed by atoms with Gasteiger partial charge in [-0.25, -0.2) is 18.4 Å². The number of nitrogens with zero attached hydrogens (tertiary/aromatic N) is 2. The van der Waals surface area contributed by atoms with Crippen LogP contribution in [0.25, 0.3) is 5.69 Å². The maximum absolute atomic E-state index is 11.9. The van der Waals surface area contributed by atoms with Gasteiger partial charge in [0.25, 0.3) is 0 Å². The van der Waals surface area contributed by atoms with E-state index in [1.165, 1.54) is 18.3 Å². The van der Waals surface area contributed by atoms with Crippen molar-refractivity contribution in [1.29, 1.82) is 5.26 Å². The van der Waals surface area contributed by atoms with Crippen LogP contribution in [0.3, 0.4) is 0 Å². The number of carbonyl (C=O) groups is 1. The van der Waals surface area contributed by atoms with Gasteiger partial charge in [0, 0.05) is 11.2 Å². The van der Waals surface area contributed by atoms with E-state index in [0.29, 0.717) is 0 Å². The highest BCUT2D eigenvalue weighted by Crippen LogP contribution is 2.29. The molecule has 4 N–H and O–H groups in total. The van der Waals surface area contributed by atoms with Crippen molar-refractivity contribution in [2.75, 3.05) is 12.8 Å². The fraction of sp³-hybridized carbons (Fsp3) is 0.0769. The summed E-state index contributed by atoms with van der Waals surface area (Å²) >= 11 is 5.81. The summed E-state index contributed by atoms with van der Waals surface area (Å²) in [7, 11) is -3.01. The molecule has 1 heterocycles. The minimum absolute atomic E-state index is 0.0132. The summed E-state index contributed by atoms with van der Waals surface area (Å²) < 4.78 is 29.3. The molecule has 1 aromatic carbocycles. The summed E-state index contributed by atoms with van der Waals surface area (Å²) in [4.78, 5) is 11.6. The van der Waals surface area contributed by atoms with Crippen LogP contribution in [0.5, 0.6) is 0 Å². The lowest BCUT2D eigenvalue weighted by atomic mass is 10.2. The average molecular weight is 355 g/mol. The number of anilines is 1. The van der Waals surface area contributed by atoms with Crippen LogP contribution < -0.4 is 10.9 Å². The lowest BCUT2D eigenvalue weighted by Gasteiger charge is -2.12. The lowest BCUT2D eigenvalue weighted by Crippen LogP contribution is -2.17. The fourth-order valence-corrected chi connectivity index (χ4v) is 3.01. The van der Waals surface area contributed by atoms with Crippen LogP contribution in [-0.2, 0) is 14.8 Å². The zero-order valence-electron chi connectivity index (χ0n) is 11.8. The minimum Gasteiger partial charge on any atom is -0.464 e. The van der Waals surface area contributed by atoms with Crippen LogP contribution >= 0.6 is 11.6 Å². The van der Waals surface area contributed by atoms with Crippen molar-refractivity contribution in [2.45, 2.75) is 4.90 Å². The van der Waals surface area contributed by atoms with Gasteiger partial charge in [-0.2, -0.15) is 5.26 Å². The molecule has 0 bridgehead atoms. The Labute approximate surface area is 136 Å². The highest BCUT2D eigenvalue weighted by molar-refractivity contribution is 7.89. The Bertz CT molecular complexity index is 944. The number of esters is 1. The Morgan fingerprint density at radius 2 is 2.09 bits per heavy atom. The lowest BCUT2D eigenvalue weighted by molar-refractivity contribution is 0.0593. The summed E-state index contributed by atoms with van der Waals surface area (Å²) in [5.41, 5.74) is 5.46. The SMILES string of the molecule is COC(=O)c1c(N)c(C#N)cn1-c1ccc(Cl)cc1S(N)(=O)=O. The summed E-state index contributed by atoms with van der Waals surface area (Å²) in [6.45, 7) is 0. The molecule has 0 atom stereocenters. The Morgan fingerprint density at radius 1 is 1.43 bits per heavy atom. The normalized spacial score (nSPS) is 11.0. The zero-order valence-corrected chi connectivity index (χ0v) is 13.4. The van der Waals surface area contributed by atoms with E-state index in [2.05, 4.69) is 4.74 Å². The Balaban J connectivity index is 2.89. The molecule has 2 rings (SSSR count). The van der Waals surface area contributed by atoms with Crippen LogP contribution in [0.15, 0.2) is 29.3 Å². The third-order valence-electron chi connectivity index (χ3n) is 3.03. The molecular weight excluding hydrogens is 344 g/mol. The molecule has 8 nitrogen and oxygen atoms in total. The van der Waals surface area contributed by atoms with Gasteiger partial charge in [-0.1, -0.05) is 11.6 Å². The summed E-state index contributed by atoms with van der Waals surface area (Å²) in [5.74, 6) is -0.834. The molecular formula is C13H11ClN4O4S. The quantitative estimate of drug-likeness (QED) is 0.788. The van der Waals surface area contributed by atoms with E-state index in [-0.39, 0.29) is 32.6 Å². The molecule has 0 amide bonds. The first-order valence-corrected chi connectivity index (χ1v) is 7.95.